The molecule has 4 nitrogen and oxygen atoms in total. The lowest BCUT2D eigenvalue weighted by Crippen LogP contribution is -2.29. The molecule has 0 radical (unpaired) electrons. The van der Waals surface area contributed by atoms with E-state index < -0.39 is 7.82 Å². The maximum atomic E-state index is 12.9. The van der Waals surface area contributed by atoms with Crippen molar-refractivity contribution in [1.29, 1.82) is 0 Å². The molecule has 1 N–H and O–H groups in total. The first-order chi connectivity index (χ1) is 12.9. The Kier molecular flexibility index (Phi) is 3.29. The Balaban J connectivity index is 2.00. The average molecular weight is 398 g/mol. The minimum Gasteiger partial charge on any atom is -0.395 e. The number of rotatable bonds is 0. The monoisotopic (exact) mass is 398 g/mol. The molecule has 5 rings (SSSR count). The van der Waals surface area contributed by atoms with E-state index in [1.54, 1.807) is 0 Å². The van der Waals surface area contributed by atoms with Crippen LogP contribution in [0.5, 0.6) is 11.5 Å². The van der Waals surface area contributed by atoms with Gasteiger partial charge >= 0.3 is 7.82 Å². The van der Waals surface area contributed by atoms with E-state index in [4.69, 9.17) is 9.05 Å². The number of phosphoric acid groups is 1. The molecule has 148 valence electrons. The van der Waals surface area contributed by atoms with Crippen LogP contribution in [0.15, 0.2) is 24.3 Å². The Morgan fingerprint density at radius 1 is 0.821 bits per heavy atom. The van der Waals surface area contributed by atoms with Crippen molar-refractivity contribution < 1.29 is 18.5 Å². The largest absolute Gasteiger partial charge is 0.584 e. The Bertz CT molecular complexity index is 1010. The number of phosphoric ester groups is 1. The van der Waals surface area contributed by atoms with Crippen molar-refractivity contribution in [3.8, 4) is 11.5 Å². The van der Waals surface area contributed by atoms with Gasteiger partial charge in [0, 0.05) is 16.5 Å². The van der Waals surface area contributed by atoms with Gasteiger partial charge in [-0.3, -0.25) is 4.89 Å². The van der Waals surface area contributed by atoms with Crippen molar-refractivity contribution in [3.63, 3.8) is 0 Å². The van der Waals surface area contributed by atoms with Crippen molar-refractivity contribution >= 4 is 7.82 Å². The van der Waals surface area contributed by atoms with Gasteiger partial charge in [-0.2, -0.15) is 0 Å². The molecule has 0 saturated carbocycles. The van der Waals surface area contributed by atoms with Gasteiger partial charge in [0.2, 0.25) is 0 Å². The van der Waals surface area contributed by atoms with Crippen LogP contribution in [0.4, 0.5) is 0 Å². The fourth-order valence-corrected chi connectivity index (χ4v) is 7.15. The summed E-state index contributed by atoms with van der Waals surface area (Å²) in [6.07, 6.45) is 1.86. The summed E-state index contributed by atoms with van der Waals surface area (Å²) >= 11 is 0. The molecule has 1 spiro atoms. The molecule has 28 heavy (non-hydrogen) atoms. The molecule has 0 aromatic heterocycles. The summed E-state index contributed by atoms with van der Waals surface area (Å²) in [5, 5.41) is 0. The number of hydrogen-bond donors (Lipinski definition) is 1. The molecule has 0 amide bonds. The molecule has 0 fully saturated rings. The van der Waals surface area contributed by atoms with E-state index in [0.29, 0.717) is 11.5 Å². The maximum absolute atomic E-state index is 12.9. The Morgan fingerprint density at radius 3 is 1.61 bits per heavy atom. The zero-order valence-electron chi connectivity index (χ0n) is 17.3. The number of aryl methyl sites for hydroxylation is 2. The second kappa shape index (κ2) is 5.04. The van der Waals surface area contributed by atoms with Crippen LogP contribution in [-0.2, 0) is 20.8 Å². The van der Waals surface area contributed by atoms with Crippen LogP contribution in [0.25, 0.3) is 0 Å². The molecular weight excluding hydrogens is 371 g/mol. The van der Waals surface area contributed by atoms with Crippen LogP contribution in [0.2, 0.25) is 0 Å². The SMILES string of the molecule is Cc1ccc2c3c1OP(=O)(O)Oc1c(C)ccc4c1C3(CC2(C)C)CC4(C)C. The van der Waals surface area contributed by atoms with Crippen molar-refractivity contribution in [2.24, 2.45) is 0 Å². The Labute approximate surface area is 166 Å². The molecule has 2 aromatic rings. The first kappa shape index (κ1) is 18.3. The molecule has 0 bridgehead atoms. The molecule has 5 heteroatoms. The highest BCUT2D eigenvalue weighted by atomic mass is 31.2. The molecule has 1 heterocycles. The Morgan fingerprint density at radius 2 is 1.21 bits per heavy atom. The van der Waals surface area contributed by atoms with Crippen LogP contribution in [0.3, 0.4) is 0 Å². The van der Waals surface area contributed by atoms with Gasteiger partial charge in [-0.05, 0) is 59.8 Å². The first-order valence-electron chi connectivity index (χ1n) is 9.89. The molecule has 2 aromatic carbocycles. The minimum absolute atomic E-state index is 0.0658. The van der Waals surface area contributed by atoms with E-state index >= 15 is 0 Å². The third-order valence-electron chi connectivity index (χ3n) is 7.03. The lowest BCUT2D eigenvalue weighted by Gasteiger charge is -2.35. The summed E-state index contributed by atoms with van der Waals surface area (Å²) in [5.41, 5.74) is 5.94. The summed E-state index contributed by atoms with van der Waals surface area (Å²) in [4.78, 5) is 10.6. The minimum atomic E-state index is -4.30. The molecule has 2 aliphatic carbocycles. The number of benzene rings is 2. The summed E-state index contributed by atoms with van der Waals surface area (Å²) < 4.78 is 24.5. The zero-order chi connectivity index (χ0) is 20.3. The van der Waals surface area contributed by atoms with Crippen molar-refractivity contribution in [3.05, 3.63) is 57.6 Å². The van der Waals surface area contributed by atoms with Crippen LogP contribution in [0, 0.1) is 13.8 Å². The van der Waals surface area contributed by atoms with E-state index in [1.165, 1.54) is 11.1 Å². The standard InChI is InChI=1S/C23H27O4P/c1-13-7-9-15-17-19(13)26-28(24,25)27-20-14(2)8-10-16-18(20)23(17,11-21(15,3)4)12-22(16,5)6/h7-10H,11-12H2,1-6H3,(H,24,25). The molecule has 0 unspecified atom stereocenters. The molecule has 1 aliphatic heterocycles. The quantitative estimate of drug-likeness (QED) is 0.568. The summed E-state index contributed by atoms with van der Waals surface area (Å²) in [6, 6.07) is 8.35. The molecule has 0 saturated heterocycles. The second-order valence-corrected chi connectivity index (χ2v) is 11.4. The van der Waals surface area contributed by atoms with Gasteiger partial charge in [0.1, 0.15) is 11.5 Å². The van der Waals surface area contributed by atoms with Crippen molar-refractivity contribution in [1.82, 2.24) is 0 Å². The van der Waals surface area contributed by atoms with E-state index in [0.717, 1.165) is 35.1 Å². The predicted molar refractivity (Wildman–Crippen MR) is 110 cm³/mol. The van der Waals surface area contributed by atoms with E-state index in [9.17, 15) is 9.46 Å². The van der Waals surface area contributed by atoms with E-state index in [-0.39, 0.29) is 16.2 Å². The van der Waals surface area contributed by atoms with Crippen LogP contribution < -0.4 is 9.05 Å². The molecule has 3 aliphatic rings. The molecular formula is C23H27O4P. The fourth-order valence-electron chi connectivity index (χ4n) is 6.18. The fraction of sp³-hybridized carbons (Fsp3) is 0.478. The van der Waals surface area contributed by atoms with Gasteiger partial charge in [0.25, 0.3) is 0 Å². The van der Waals surface area contributed by atoms with Crippen molar-refractivity contribution in [2.45, 2.75) is 70.6 Å². The van der Waals surface area contributed by atoms with Gasteiger partial charge in [0.05, 0.1) is 0 Å². The van der Waals surface area contributed by atoms with Gasteiger partial charge in [-0.15, -0.1) is 0 Å². The second-order valence-electron chi connectivity index (χ2n) is 10.1. The summed E-state index contributed by atoms with van der Waals surface area (Å²) in [7, 11) is -4.30. The predicted octanol–water partition coefficient (Wildman–Crippen LogP) is 5.82. The maximum Gasteiger partial charge on any atom is 0.584 e. The topological polar surface area (TPSA) is 55.8 Å². The highest BCUT2D eigenvalue weighted by molar-refractivity contribution is 7.48. The van der Waals surface area contributed by atoms with E-state index in [2.05, 4.69) is 39.8 Å². The highest BCUT2D eigenvalue weighted by Gasteiger charge is 2.60. The Hall–Kier alpha value is -1.77. The highest BCUT2D eigenvalue weighted by Crippen LogP contribution is 2.69. The summed E-state index contributed by atoms with van der Waals surface area (Å²) in [5.74, 6) is 1.06. The van der Waals surface area contributed by atoms with Gasteiger partial charge in [-0.1, -0.05) is 52.0 Å². The first-order valence-corrected chi connectivity index (χ1v) is 11.4. The average Bonchev–Trinajstić information content (AvgIpc) is 2.90. The normalized spacial score (nSPS) is 23.7. The van der Waals surface area contributed by atoms with Gasteiger partial charge < -0.3 is 9.05 Å². The van der Waals surface area contributed by atoms with Crippen LogP contribution in [0.1, 0.15) is 73.9 Å². The van der Waals surface area contributed by atoms with Crippen molar-refractivity contribution in [2.75, 3.05) is 0 Å². The van der Waals surface area contributed by atoms with Crippen LogP contribution in [-0.4, -0.2) is 4.89 Å². The molecule has 0 atom stereocenters. The zero-order valence-corrected chi connectivity index (χ0v) is 18.2. The van der Waals surface area contributed by atoms with Crippen LogP contribution >= 0.6 is 7.82 Å². The summed E-state index contributed by atoms with van der Waals surface area (Å²) in [6.45, 7) is 12.9. The van der Waals surface area contributed by atoms with Gasteiger partial charge in [0.15, 0.2) is 0 Å². The number of hydrogen-bond acceptors (Lipinski definition) is 3. The van der Waals surface area contributed by atoms with E-state index in [1.807, 2.05) is 26.0 Å². The third-order valence-corrected chi connectivity index (χ3v) is 7.85. The smallest absolute Gasteiger partial charge is 0.395 e. The lowest BCUT2D eigenvalue weighted by molar-refractivity contribution is 0.274. The third kappa shape index (κ3) is 2.14. The lowest BCUT2D eigenvalue weighted by atomic mass is 9.71. The van der Waals surface area contributed by atoms with Gasteiger partial charge in [-0.25, -0.2) is 4.57 Å².